The largest absolute Gasteiger partial charge is 0.481 e. The first-order valence-corrected chi connectivity index (χ1v) is 25.7. The molecule has 0 atom stereocenters. The Morgan fingerprint density at radius 3 is 1.01 bits per heavy atom. The molecule has 0 unspecified atom stereocenters. The van der Waals surface area contributed by atoms with Gasteiger partial charge in [0, 0.05) is 0 Å². The number of hydrogen-bond acceptors (Lipinski definition) is 2. The van der Waals surface area contributed by atoms with Crippen LogP contribution in [-0.4, -0.2) is 13.2 Å². The third kappa shape index (κ3) is 8.15. The van der Waals surface area contributed by atoms with Crippen LogP contribution in [0.1, 0.15) is 91.7 Å². The minimum absolute atomic E-state index is 0.378. The number of benzene rings is 10. The van der Waals surface area contributed by atoms with Crippen molar-refractivity contribution < 1.29 is 9.47 Å². The molecule has 2 nitrogen and oxygen atoms in total. The molecule has 352 valence electrons. The SMILES string of the molecule is CC#CCOc1ccc2cc(C3(c4ccc(Cc5ccc(C6(c7ccc8cc(OCC#CC)ccc8c7)c7ccccc7CCc7ccccc76)cc5)cc4)c4ccccc4CCc4ccccc43)ccc2c1. The van der Waals surface area contributed by atoms with E-state index in [1.165, 1.54) is 88.7 Å². The van der Waals surface area contributed by atoms with Crippen molar-refractivity contribution in [1.29, 1.82) is 0 Å². The topological polar surface area (TPSA) is 18.5 Å². The predicted octanol–water partition coefficient (Wildman–Crippen LogP) is 15.4. The monoisotopic (exact) mass is 940 g/mol. The maximum Gasteiger partial charge on any atom is 0.149 e. The zero-order valence-corrected chi connectivity index (χ0v) is 41.6. The van der Waals surface area contributed by atoms with E-state index >= 15 is 0 Å². The molecule has 73 heavy (non-hydrogen) atoms. The van der Waals surface area contributed by atoms with Crippen LogP contribution in [0.15, 0.2) is 218 Å². The Bertz CT molecular complexity index is 3470. The van der Waals surface area contributed by atoms with Gasteiger partial charge >= 0.3 is 0 Å². The molecule has 0 N–H and O–H groups in total. The average Bonchev–Trinajstić information content (AvgIpc) is 3.69. The maximum absolute atomic E-state index is 5.99. The summed E-state index contributed by atoms with van der Waals surface area (Å²) < 4.78 is 12.0. The molecule has 2 heteroatoms. The second-order valence-corrected chi connectivity index (χ2v) is 19.6. The van der Waals surface area contributed by atoms with Gasteiger partial charge in [-0.2, -0.15) is 0 Å². The lowest BCUT2D eigenvalue weighted by Gasteiger charge is -2.38. The molecule has 10 aromatic rings. The van der Waals surface area contributed by atoms with Gasteiger partial charge in [0.1, 0.15) is 24.7 Å². The summed E-state index contributed by atoms with van der Waals surface area (Å²) in [6, 6.07) is 82.4. The molecule has 0 spiro atoms. The first kappa shape index (κ1) is 45.6. The standard InChI is InChI=1S/C71H56O2/c1-3-5-43-72-64-41-33-56-46-62(39-31-58(56)48-64)70(66-19-11-7-15-52(66)27-28-53-16-8-12-20-67(53)70)60-35-23-50(24-36-60)45-51-25-37-61(38-26-51)71(63-40-32-59-49-65(73-44-6-4-2)42-34-57(59)47-63)68-21-13-9-17-54(68)29-30-55-18-10-14-22-69(55)71/h7-26,31-42,46-49H,27-30,43-45H2,1-2H3. The molecule has 0 radical (unpaired) electrons. The van der Waals surface area contributed by atoms with Crippen LogP contribution >= 0.6 is 0 Å². The lowest BCUT2D eigenvalue weighted by Crippen LogP contribution is -2.32. The van der Waals surface area contributed by atoms with Crippen molar-refractivity contribution in [3.05, 3.63) is 296 Å². The Hall–Kier alpha value is -8.56. The van der Waals surface area contributed by atoms with Crippen molar-refractivity contribution in [2.24, 2.45) is 0 Å². The molecule has 0 heterocycles. The van der Waals surface area contributed by atoms with Crippen LogP contribution in [0.5, 0.6) is 11.5 Å². The van der Waals surface area contributed by atoms with Crippen molar-refractivity contribution in [3.63, 3.8) is 0 Å². The quantitative estimate of drug-likeness (QED) is 0.127. The summed E-state index contributed by atoms with van der Waals surface area (Å²) in [5.74, 6) is 13.6. The smallest absolute Gasteiger partial charge is 0.149 e. The number of hydrogen-bond donors (Lipinski definition) is 0. The molecular formula is C71H56O2. The summed E-state index contributed by atoms with van der Waals surface area (Å²) in [7, 11) is 0. The number of rotatable bonds is 10. The molecule has 2 aliphatic carbocycles. The molecule has 0 saturated carbocycles. The fourth-order valence-electron chi connectivity index (χ4n) is 12.3. The zero-order chi connectivity index (χ0) is 49.2. The van der Waals surface area contributed by atoms with Gasteiger partial charge in [-0.1, -0.05) is 194 Å². The minimum Gasteiger partial charge on any atom is -0.481 e. The van der Waals surface area contributed by atoms with Gasteiger partial charge in [0.2, 0.25) is 0 Å². The van der Waals surface area contributed by atoms with Gasteiger partial charge in [-0.3, -0.25) is 0 Å². The molecule has 0 amide bonds. The van der Waals surface area contributed by atoms with Gasteiger partial charge in [-0.15, -0.1) is 11.8 Å². The van der Waals surface area contributed by atoms with E-state index in [0.717, 1.165) is 54.4 Å². The van der Waals surface area contributed by atoms with E-state index < -0.39 is 10.8 Å². The van der Waals surface area contributed by atoms with Gasteiger partial charge in [0.05, 0.1) is 10.8 Å². The molecule has 10 aromatic carbocycles. The van der Waals surface area contributed by atoms with E-state index in [9.17, 15) is 0 Å². The van der Waals surface area contributed by atoms with Crippen LogP contribution in [0.2, 0.25) is 0 Å². The van der Waals surface area contributed by atoms with Crippen molar-refractivity contribution in [2.75, 3.05) is 13.2 Å². The number of fused-ring (bicyclic) bond motifs is 6. The van der Waals surface area contributed by atoms with Gasteiger partial charge in [-0.25, -0.2) is 0 Å². The predicted molar refractivity (Wildman–Crippen MR) is 300 cm³/mol. The Labute approximate surface area is 430 Å². The fourth-order valence-corrected chi connectivity index (χ4v) is 12.3. The fraction of sp³-hybridized carbons (Fsp3) is 0.155. The van der Waals surface area contributed by atoms with Gasteiger partial charge in [0.25, 0.3) is 0 Å². The van der Waals surface area contributed by atoms with E-state index in [2.05, 4.69) is 242 Å². The average molecular weight is 941 g/mol. The maximum atomic E-state index is 5.99. The molecule has 2 aliphatic rings. The highest BCUT2D eigenvalue weighted by atomic mass is 16.5. The summed E-state index contributed by atoms with van der Waals surface area (Å²) in [5, 5.41) is 4.65. The summed E-state index contributed by atoms with van der Waals surface area (Å²) in [5.41, 5.74) is 17.5. The summed E-state index contributed by atoms with van der Waals surface area (Å²) in [4.78, 5) is 0. The molecule has 0 aliphatic heterocycles. The van der Waals surface area contributed by atoms with E-state index in [1.807, 2.05) is 13.8 Å². The van der Waals surface area contributed by atoms with Crippen LogP contribution < -0.4 is 9.47 Å². The highest BCUT2D eigenvalue weighted by molar-refractivity contribution is 5.87. The van der Waals surface area contributed by atoms with Crippen molar-refractivity contribution >= 4 is 21.5 Å². The Morgan fingerprint density at radius 2 is 0.658 bits per heavy atom. The van der Waals surface area contributed by atoms with Crippen LogP contribution in [0.4, 0.5) is 0 Å². The van der Waals surface area contributed by atoms with Crippen LogP contribution in [-0.2, 0) is 42.9 Å². The van der Waals surface area contributed by atoms with E-state index in [4.69, 9.17) is 9.47 Å². The van der Waals surface area contributed by atoms with E-state index in [1.54, 1.807) is 0 Å². The lowest BCUT2D eigenvalue weighted by molar-refractivity contribution is 0.370. The van der Waals surface area contributed by atoms with Crippen molar-refractivity contribution in [3.8, 4) is 35.2 Å². The van der Waals surface area contributed by atoms with Gasteiger partial charge in [-0.05, 0) is 182 Å². The molecule has 0 saturated heterocycles. The second-order valence-electron chi connectivity index (χ2n) is 19.6. The summed E-state index contributed by atoms with van der Waals surface area (Å²) >= 11 is 0. The first-order chi connectivity index (χ1) is 36.1. The minimum atomic E-state index is -0.536. The van der Waals surface area contributed by atoms with Gasteiger partial charge < -0.3 is 9.47 Å². The van der Waals surface area contributed by atoms with Crippen LogP contribution in [0.3, 0.4) is 0 Å². The zero-order valence-electron chi connectivity index (χ0n) is 41.6. The second kappa shape index (κ2) is 19.6. The Morgan fingerprint density at radius 1 is 0.342 bits per heavy atom. The first-order valence-electron chi connectivity index (χ1n) is 25.7. The van der Waals surface area contributed by atoms with Gasteiger partial charge in [0.15, 0.2) is 0 Å². The Balaban J connectivity index is 0.943. The van der Waals surface area contributed by atoms with Crippen LogP contribution in [0, 0.1) is 23.7 Å². The molecular weight excluding hydrogens is 885 g/mol. The highest BCUT2D eigenvalue weighted by Crippen LogP contribution is 2.52. The Kier molecular flexibility index (Phi) is 12.2. The van der Waals surface area contributed by atoms with E-state index in [-0.39, 0.29) is 0 Å². The normalized spacial score (nSPS) is 13.8. The van der Waals surface area contributed by atoms with Crippen molar-refractivity contribution in [2.45, 2.75) is 56.8 Å². The molecule has 0 bridgehead atoms. The number of aryl methyl sites for hydroxylation is 4. The molecule has 12 rings (SSSR count). The third-order valence-corrected chi connectivity index (χ3v) is 15.7. The van der Waals surface area contributed by atoms with Crippen LogP contribution in [0.25, 0.3) is 21.5 Å². The van der Waals surface area contributed by atoms with Crippen molar-refractivity contribution in [1.82, 2.24) is 0 Å². The summed E-state index contributed by atoms with van der Waals surface area (Å²) in [6.07, 6.45) is 4.77. The van der Waals surface area contributed by atoms with E-state index in [0.29, 0.717) is 13.2 Å². The number of ether oxygens (including phenoxy) is 2. The summed E-state index contributed by atoms with van der Waals surface area (Å²) in [6.45, 7) is 4.44. The molecule has 0 aromatic heterocycles. The lowest BCUT2D eigenvalue weighted by atomic mass is 9.63. The third-order valence-electron chi connectivity index (χ3n) is 15.7. The molecule has 0 fully saturated rings. The highest BCUT2D eigenvalue weighted by Gasteiger charge is 2.44.